The molecule has 9 heteroatoms. The Balaban J connectivity index is 2.05. The van der Waals surface area contributed by atoms with Crippen molar-refractivity contribution in [3.8, 4) is 0 Å². The zero-order valence-corrected chi connectivity index (χ0v) is 22.6. The summed E-state index contributed by atoms with van der Waals surface area (Å²) >= 11 is 12.2. The zero-order chi connectivity index (χ0) is 26.7. The molecule has 0 saturated heterocycles. The molecule has 0 aromatic heterocycles. The average molecular weight is 536 g/mol. The van der Waals surface area contributed by atoms with Crippen molar-refractivity contribution < 1.29 is 14.4 Å². The molecule has 0 aliphatic heterocycles. The van der Waals surface area contributed by atoms with Crippen LogP contribution in [0.2, 0.25) is 0 Å². The number of urea groups is 1. The van der Waals surface area contributed by atoms with Crippen molar-refractivity contribution in [2.24, 2.45) is 11.8 Å². The Kier molecular flexibility index (Phi) is 12.0. The number of rotatable bonds is 12. The monoisotopic (exact) mass is 534 g/mol. The van der Waals surface area contributed by atoms with Gasteiger partial charge in [0.1, 0.15) is 12.1 Å². The number of alkyl halides is 2. The minimum absolute atomic E-state index is 0.186. The highest BCUT2D eigenvalue weighted by molar-refractivity contribution is 6.18. The van der Waals surface area contributed by atoms with Gasteiger partial charge < -0.3 is 21.3 Å². The number of halogens is 2. The zero-order valence-electron chi connectivity index (χ0n) is 21.1. The van der Waals surface area contributed by atoms with Gasteiger partial charge >= 0.3 is 6.03 Å². The quantitative estimate of drug-likeness (QED) is 0.301. The summed E-state index contributed by atoms with van der Waals surface area (Å²) in [6.45, 7) is 7.33. The van der Waals surface area contributed by atoms with Gasteiger partial charge in [-0.2, -0.15) is 0 Å². The van der Waals surface area contributed by atoms with Crippen LogP contribution in [0.25, 0.3) is 0 Å². The molecule has 0 spiro atoms. The lowest BCUT2D eigenvalue weighted by atomic mass is 10.0. The molecule has 4 N–H and O–H groups in total. The number of carbonyl (C=O) groups is 3. The SMILES string of the molecule is CC(C)[C@H](NC(=O)N[C@H](C(=O)N[C@@H](CCl)c1ccccc1)C(C)C)C(=O)N[C@@H](CCl)c1ccccc1. The molecule has 0 bridgehead atoms. The maximum atomic E-state index is 13.1. The normalized spacial score (nSPS) is 14.4. The molecule has 2 rings (SSSR count). The fourth-order valence-electron chi connectivity index (χ4n) is 3.71. The number of benzene rings is 2. The lowest BCUT2D eigenvalue weighted by Gasteiger charge is -2.28. The van der Waals surface area contributed by atoms with Crippen molar-refractivity contribution in [3.63, 3.8) is 0 Å². The first kappa shape index (κ1) is 29.5. The second kappa shape index (κ2) is 14.7. The summed E-state index contributed by atoms with van der Waals surface area (Å²) < 4.78 is 0. The van der Waals surface area contributed by atoms with E-state index in [2.05, 4.69) is 21.3 Å². The van der Waals surface area contributed by atoms with Crippen LogP contribution in [0.3, 0.4) is 0 Å². The number of hydrogen-bond acceptors (Lipinski definition) is 3. The Bertz CT molecular complexity index is 896. The largest absolute Gasteiger partial charge is 0.346 e. The molecule has 0 saturated carbocycles. The van der Waals surface area contributed by atoms with Gasteiger partial charge in [-0.25, -0.2) is 4.79 Å². The molecule has 36 heavy (non-hydrogen) atoms. The summed E-state index contributed by atoms with van der Waals surface area (Å²) in [5, 5.41) is 11.3. The molecule has 7 nitrogen and oxygen atoms in total. The summed E-state index contributed by atoms with van der Waals surface area (Å²) in [5.74, 6) is -0.741. The molecule has 0 fully saturated rings. The molecule has 0 radical (unpaired) electrons. The molecular weight excluding hydrogens is 499 g/mol. The third-order valence-corrected chi connectivity index (χ3v) is 6.43. The fourth-order valence-corrected chi connectivity index (χ4v) is 4.22. The fraction of sp³-hybridized carbons (Fsp3) is 0.444. The molecule has 0 aliphatic carbocycles. The highest BCUT2D eigenvalue weighted by atomic mass is 35.5. The molecule has 0 unspecified atom stereocenters. The van der Waals surface area contributed by atoms with Crippen molar-refractivity contribution >= 4 is 41.0 Å². The second-order valence-corrected chi connectivity index (χ2v) is 9.93. The molecule has 4 amide bonds. The molecule has 196 valence electrons. The Labute approximate surface area is 223 Å². The predicted molar refractivity (Wildman–Crippen MR) is 145 cm³/mol. The van der Waals surface area contributed by atoms with Gasteiger partial charge in [0.15, 0.2) is 0 Å². The maximum Gasteiger partial charge on any atom is 0.316 e. The van der Waals surface area contributed by atoms with Crippen LogP contribution in [0.15, 0.2) is 60.7 Å². The second-order valence-electron chi connectivity index (χ2n) is 9.31. The van der Waals surface area contributed by atoms with Crippen molar-refractivity contribution in [2.75, 3.05) is 11.8 Å². The van der Waals surface area contributed by atoms with E-state index in [-0.39, 0.29) is 35.4 Å². The number of amides is 4. The first-order valence-electron chi connectivity index (χ1n) is 12.1. The Hall–Kier alpha value is -2.77. The summed E-state index contributed by atoms with van der Waals surface area (Å²) in [7, 11) is 0. The minimum atomic E-state index is -0.824. The van der Waals surface area contributed by atoms with Gasteiger partial charge in [0.05, 0.1) is 12.1 Å². The third-order valence-electron chi connectivity index (χ3n) is 5.82. The Morgan fingerprint density at radius 3 is 1.22 bits per heavy atom. The van der Waals surface area contributed by atoms with Crippen LogP contribution in [-0.4, -0.2) is 41.7 Å². The van der Waals surface area contributed by atoms with Gasteiger partial charge in [0.2, 0.25) is 11.8 Å². The lowest BCUT2D eigenvalue weighted by Crippen LogP contribution is -2.58. The highest BCUT2D eigenvalue weighted by Crippen LogP contribution is 2.17. The van der Waals surface area contributed by atoms with Crippen LogP contribution in [0, 0.1) is 11.8 Å². The summed E-state index contributed by atoms with van der Waals surface area (Å²) in [5.41, 5.74) is 1.74. The smallest absolute Gasteiger partial charge is 0.316 e. The molecule has 0 heterocycles. The van der Waals surface area contributed by atoms with Crippen molar-refractivity contribution in [1.29, 1.82) is 0 Å². The van der Waals surface area contributed by atoms with Gasteiger partial charge in [-0.05, 0) is 23.0 Å². The third kappa shape index (κ3) is 8.71. The summed E-state index contributed by atoms with van der Waals surface area (Å²) in [4.78, 5) is 39.0. The van der Waals surface area contributed by atoms with E-state index in [4.69, 9.17) is 23.2 Å². The summed E-state index contributed by atoms with van der Waals surface area (Å²) in [6, 6.07) is 15.7. The van der Waals surface area contributed by atoms with Crippen LogP contribution in [0.1, 0.15) is 50.9 Å². The van der Waals surface area contributed by atoms with Crippen LogP contribution in [0.4, 0.5) is 4.79 Å². The molecule has 0 aliphatic rings. The maximum absolute atomic E-state index is 13.1. The predicted octanol–water partition coefficient (Wildman–Crippen LogP) is 4.53. The van der Waals surface area contributed by atoms with E-state index in [0.717, 1.165) is 11.1 Å². The van der Waals surface area contributed by atoms with Crippen molar-refractivity contribution in [2.45, 2.75) is 51.9 Å². The molecule has 2 aromatic rings. The van der Waals surface area contributed by atoms with Crippen LogP contribution >= 0.6 is 23.2 Å². The van der Waals surface area contributed by atoms with Gasteiger partial charge in [-0.3, -0.25) is 9.59 Å². The average Bonchev–Trinajstić information content (AvgIpc) is 2.87. The topological polar surface area (TPSA) is 99.3 Å². The van der Waals surface area contributed by atoms with Crippen LogP contribution in [0.5, 0.6) is 0 Å². The summed E-state index contributed by atoms with van der Waals surface area (Å²) in [6.07, 6.45) is 0. The Morgan fingerprint density at radius 1 is 0.611 bits per heavy atom. The number of carbonyl (C=O) groups excluding carboxylic acids is 3. The molecule has 4 atom stereocenters. The van der Waals surface area contributed by atoms with E-state index in [1.54, 1.807) is 0 Å². The van der Waals surface area contributed by atoms with E-state index in [1.165, 1.54) is 0 Å². The van der Waals surface area contributed by atoms with E-state index < -0.39 is 30.2 Å². The van der Waals surface area contributed by atoms with Gasteiger partial charge in [0, 0.05) is 11.8 Å². The molecule has 2 aromatic carbocycles. The number of hydrogen-bond donors (Lipinski definition) is 4. The van der Waals surface area contributed by atoms with Crippen LogP contribution in [-0.2, 0) is 9.59 Å². The van der Waals surface area contributed by atoms with Crippen molar-refractivity contribution in [1.82, 2.24) is 21.3 Å². The highest BCUT2D eigenvalue weighted by Gasteiger charge is 2.30. The first-order valence-corrected chi connectivity index (χ1v) is 13.1. The minimum Gasteiger partial charge on any atom is -0.346 e. The van der Waals surface area contributed by atoms with Gasteiger partial charge in [-0.15, -0.1) is 23.2 Å². The lowest BCUT2D eigenvalue weighted by molar-refractivity contribution is -0.124. The van der Waals surface area contributed by atoms with E-state index >= 15 is 0 Å². The standard InChI is InChI=1S/C27H36Cl2N4O3/c1-17(2)23(25(34)30-21(15-28)19-11-7-5-8-12-19)32-27(36)33-24(18(3)4)26(35)31-22(16-29)20-13-9-6-10-14-20/h5-14,17-18,21-24H,15-16H2,1-4H3,(H,30,34)(H,31,35)(H2,32,33,36)/t21-,22-,23-,24-/m0/s1. The van der Waals surface area contributed by atoms with E-state index in [1.807, 2.05) is 88.4 Å². The van der Waals surface area contributed by atoms with Gasteiger partial charge in [-0.1, -0.05) is 88.4 Å². The van der Waals surface area contributed by atoms with E-state index in [9.17, 15) is 14.4 Å². The van der Waals surface area contributed by atoms with Gasteiger partial charge in [0.25, 0.3) is 0 Å². The Morgan fingerprint density at radius 2 is 0.944 bits per heavy atom. The first-order chi connectivity index (χ1) is 17.2. The van der Waals surface area contributed by atoms with Crippen molar-refractivity contribution in [3.05, 3.63) is 71.8 Å². The number of nitrogens with one attached hydrogen (secondary N) is 4. The van der Waals surface area contributed by atoms with E-state index in [0.29, 0.717) is 0 Å². The molecular formula is C27H36Cl2N4O3. The van der Waals surface area contributed by atoms with Crippen LogP contribution < -0.4 is 21.3 Å².